The minimum Gasteiger partial charge on any atom is -0.356 e. The Bertz CT molecular complexity index is 1030. The molecule has 2 N–H and O–H groups in total. The van der Waals surface area contributed by atoms with Crippen LogP contribution in [0.25, 0.3) is 22.2 Å². The molecule has 2 heterocycles. The van der Waals surface area contributed by atoms with Crippen molar-refractivity contribution >= 4 is 11.0 Å². The molecule has 0 aliphatic heterocycles. The third kappa shape index (κ3) is 3.02. The van der Waals surface area contributed by atoms with Crippen LogP contribution in [0.15, 0.2) is 71.3 Å². The SMILES string of the molecule is NC(Cc1cccc(F)n1)c1ccccc1-c1noc2ccccc12. The minimum absolute atomic E-state index is 0.332. The van der Waals surface area contributed by atoms with Gasteiger partial charge in [0, 0.05) is 29.1 Å². The van der Waals surface area contributed by atoms with Crippen LogP contribution in [-0.4, -0.2) is 10.1 Å². The van der Waals surface area contributed by atoms with Crippen molar-refractivity contribution in [3.8, 4) is 11.3 Å². The van der Waals surface area contributed by atoms with Gasteiger partial charge < -0.3 is 10.3 Å². The van der Waals surface area contributed by atoms with Crippen LogP contribution >= 0.6 is 0 Å². The zero-order chi connectivity index (χ0) is 17.2. The Kier molecular flexibility index (Phi) is 3.99. The van der Waals surface area contributed by atoms with Crippen molar-refractivity contribution in [3.05, 3.63) is 83.9 Å². The molecule has 0 spiro atoms. The molecule has 0 fully saturated rings. The molecular formula is C20H16FN3O. The maximum Gasteiger partial charge on any atom is 0.213 e. The highest BCUT2D eigenvalue weighted by Crippen LogP contribution is 2.33. The van der Waals surface area contributed by atoms with E-state index in [-0.39, 0.29) is 6.04 Å². The molecule has 4 aromatic rings. The summed E-state index contributed by atoms with van der Waals surface area (Å²) in [5, 5.41) is 5.16. The summed E-state index contributed by atoms with van der Waals surface area (Å²) in [5.41, 5.74) is 10.3. The molecule has 1 unspecified atom stereocenters. The predicted octanol–water partition coefficient (Wildman–Crippen LogP) is 4.27. The second-order valence-corrected chi connectivity index (χ2v) is 5.88. The van der Waals surface area contributed by atoms with Gasteiger partial charge in [0.15, 0.2) is 5.58 Å². The first-order chi connectivity index (χ1) is 12.2. The number of aromatic nitrogens is 2. The predicted molar refractivity (Wildman–Crippen MR) is 94.3 cm³/mol. The van der Waals surface area contributed by atoms with E-state index in [0.717, 1.165) is 27.8 Å². The Balaban J connectivity index is 1.74. The van der Waals surface area contributed by atoms with E-state index in [2.05, 4.69) is 10.1 Å². The van der Waals surface area contributed by atoms with Crippen LogP contribution in [0.2, 0.25) is 0 Å². The van der Waals surface area contributed by atoms with Crippen molar-refractivity contribution in [1.82, 2.24) is 10.1 Å². The van der Waals surface area contributed by atoms with E-state index < -0.39 is 5.95 Å². The Morgan fingerprint density at radius 1 is 0.960 bits per heavy atom. The first kappa shape index (κ1) is 15.5. The fourth-order valence-corrected chi connectivity index (χ4v) is 3.02. The van der Waals surface area contributed by atoms with Crippen molar-refractivity contribution in [2.75, 3.05) is 0 Å². The normalized spacial score (nSPS) is 12.4. The average Bonchev–Trinajstić information content (AvgIpc) is 3.06. The summed E-state index contributed by atoms with van der Waals surface area (Å²) in [5.74, 6) is -0.500. The number of para-hydroxylation sites is 1. The highest BCUT2D eigenvalue weighted by molar-refractivity contribution is 5.92. The lowest BCUT2D eigenvalue weighted by molar-refractivity contribution is 0.459. The Morgan fingerprint density at radius 2 is 1.76 bits per heavy atom. The molecule has 0 bridgehead atoms. The van der Waals surface area contributed by atoms with Gasteiger partial charge in [-0.05, 0) is 29.8 Å². The van der Waals surface area contributed by atoms with Crippen LogP contribution in [0.4, 0.5) is 4.39 Å². The van der Waals surface area contributed by atoms with Gasteiger partial charge >= 0.3 is 0 Å². The van der Waals surface area contributed by atoms with Crippen molar-refractivity contribution in [3.63, 3.8) is 0 Å². The van der Waals surface area contributed by atoms with Gasteiger partial charge in [-0.25, -0.2) is 4.98 Å². The van der Waals surface area contributed by atoms with Gasteiger partial charge in [0.05, 0.1) is 0 Å². The van der Waals surface area contributed by atoms with Crippen LogP contribution in [-0.2, 0) is 6.42 Å². The molecule has 0 amide bonds. The molecule has 0 saturated heterocycles. The summed E-state index contributed by atoms with van der Waals surface area (Å²) < 4.78 is 18.7. The van der Waals surface area contributed by atoms with E-state index in [1.54, 1.807) is 12.1 Å². The number of hydrogen-bond donors (Lipinski definition) is 1. The molecule has 0 radical (unpaired) electrons. The number of rotatable bonds is 4. The van der Waals surface area contributed by atoms with Crippen LogP contribution < -0.4 is 5.73 Å². The molecule has 1 atom stereocenters. The quantitative estimate of drug-likeness (QED) is 0.566. The largest absolute Gasteiger partial charge is 0.356 e. The maximum absolute atomic E-state index is 13.3. The summed E-state index contributed by atoms with van der Waals surface area (Å²) in [7, 11) is 0. The van der Waals surface area contributed by atoms with Gasteiger partial charge in [-0.3, -0.25) is 0 Å². The number of nitrogens with two attached hydrogens (primary N) is 1. The summed E-state index contributed by atoms with van der Waals surface area (Å²) in [4.78, 5) is 3.90. The topological polar surface area (TPSA) is 64.9 Å². The zero-order valence-electron chi connectivity index (χ0n) is 13.4. The Morgan fingerprint density at radius 3 is 2.64 bits per heavy atom. The van der Waals surface area contributed by atoms with Crippen molar-refractivity contribution in [1.29, 1.82) is 0 Å². The number of fused-ring (bicyclic) bond motifs is 1. The van der Waals surface area contributed by atoms with Gasteiger partial charge in [-0.15, -0.1) is 0 Å². The number of hydrogen-bond acceptors (Lipinski definition) is 4. The maximum atomic E-state index is 13.3. The molecular weight excluding hydrogens is 317 g/mol. The van der Waals surface area contributed by atoms with Crippen LogP contribution in [0.5, 0.6) is 0 Å². The molecule has 0 aliphatic rings. The average molecular weight is 333 g/mol. The first-order valence-electron chi connectivity index (χ1n) is 8.03. The second kappa shape index (κ2) is 6.45. The standard InChI is InChI=1S/C20H16FN3O/c21-19-11-5-6-13(23-19)12-17(22)14-7-1-2-8-15(14)20-16-9-3-4-10-18(16)25-24-20/h1-11,17H,12,22H2. The van der Waals surface area contributed by atoms with E-state index in [1.165, 1.54) is 6.07 Å². The lowest BCUT2D eigenvalue weighted by Crippen LogP contribution is -2.15. The van der Waals surface area contributed by atoms with Crippen molar-refractivity contribution in [2.45, 2.75) is 12.5 Å². The van der Waals surface area contributed by atoms with Gasteiger partial charge in [-0.2, -0.15) is 4.39 Å². The lowest BCUT2D eigenvalue weighted by atomic mass is 9.94. The van der Waals surface area contributed by atoms with Crippen molar-refractivity contribution < 1.29 is 8.91 Å². The smallest absolute Gasteiger partial charge is 0.213 e. The molecule has 4 nitrogen and oxygen atoms in total. The van der Waals surface area contributed by atoms with Gasteiger partial charge in [-0.1, -0.05) is 47.6 Å². The van der Waals surface area contributed by atoms with E-state index in [0.29, 0.717) is 12.1 Å². The molecule has 2 aromatic heterocycles. The molecule has 4 rings (SSSR count). The van der Waals surface area contributed by atoms with Gasteiger partial charge in [0.1, 0.15) is 5.69 Å². The second-order valence-electron chi connectivity index (χ2n) is 5.88. The van der Waals surface area contributed by atoms with Crippen molar-refractivity contribution in [2.24, 2.45) is 5.73 Å². The van der Waals surface area contributed by atoms with Crippen LogP contribution in [0.3, 0.4) is 0 Å². The van der Waals surface area contributed by atoms with E-state index in [1.807, 2.05) is 48.5 Å². The van der Waals surface area contributed by atoms with Crippen LogP contribution in [0, 0.1) is 5.95 Å². The van der Waals surface area contributed by atoms with E-state index >= 15 is 0 Å². The van der Waals surface area contributed by atoms with E-state index in [9.17, 15) is 4.39 Å². The minimum atomic E-state index is -0.500. The highest BCUT2D eigenvalue weighted by atomic mass is 19.1. The van der Waals surface area contributed by atoms with E-state index in [4.69, 9.17) is 10.3 Å². The lowest BCUT2D eigenvalue weighted by Gasteiger charge is -2.15. The van der Waals surface area contributed by atoms with Gasteiger partial charge in [0.2, 0.25) is 5.95 Å². The molecule has 2 aromatic carbocycles. The summed E-state index contributed by atoms with van der Waals surface area (Å²) >= 11 is 0. The first-order valence-corrected chi connectivity index (χ1v) is 8.03. The third-order valence-electron chi connectivity index (χ3n) is 4.19. The Hall–Kier alpha value is -3.05. The summed E-state index contributed by atoms with van der Waals surface area (Å²) in [6, 6.07) is 19.9. The monoisotopic (exact) mass is 333 g/mol. The van der Waals surface area contributed by atoms with Crippen LogP contribution in [0.1, 0.15) is 17.3 Å². The summed E-state index contributed by atoms with van der Waals surface area (Å²) in [6.45, 7) is 0. The summed E-state index contributed by atoms with van der Waals surface area (Å²) in [6.07, 6.45) is 0.435. The third-order valence-corrected chi connectivity index (χ3v) is 4.19. The molecule has 25 heavy (non-hydrogen) atoms. The molecule has 0 aliphatic carbocycles. The number of pyridine rings is 1. The fourth-order valence-electron chi connectivity index (χ4n) is 3.02. The molecule has 5 heteroatoms. The van der Waals surface area contributed by atoms with Gasteiger partial charge in [0.25, 0.3) is 0 Å². The molecule has 0 saturated carbocycles. The molecule has 124 valence electrons. The number of halogens is 1. The Labute approximate surface area is 144 Å². The fraction of sp³-hybridized carbons (Fsp3) is 0.100. The number of nitrogens with zero attached hydrogens (tertiary/aromatic N) is 2. The highest BCUT2D eigenvalue weighted by Gasteiger charge is 2.18. The zero-order valence-corrected chi connectivity index (χ0v) is 13.4. The number of benzene rings is 2.